The van der Waals surface area contributed by atoms with Crippen LogP contribution in [0.1, 0.15) is 29.4 Å². The largest absolute Gasteiger partial charge is 0.385 e. The molecule has 1 heterocycles. The molecule has 13 heavy (non-hydrogen) atoms. The zero-order valence-corrected chi connectivity index (χ0v) is 8.86. The molecule has 1 unspecified atom stereocenters. The smallest absolute Gasteiger partial charge is 0.201 e. The Labute approximate surface area is 86.2 Å². The lowest BCUT2D eigenvalue weighted by atomic mass is 10.1. The zero-order valence-electron chi connectivity index (χ0n) is 7.29. The van der Waals surface area contributed by atoms with Crippen molar-refractivity contribution in [3.63, 3.8) is 0 Å². The van der Waals surface area contributed by atoms with E-state index in [0.717, 1.165) is 6.42 Å². The van der Waals surface area contributed by atoms with Crippen LogP contribution in [0.2, 0.25) is 4.34 Å². The predicted octanol–water partition coefficient (Wildman–Crippen LogP) is 2.75. The quantitative estimate of drug-likeness (QED) is 0.790. The molecule has 2 nitrogen and oxygen atoms in total. The fraction of sp³-hybridized carbons (Fsp3) is 0.444. The summed E-state index contributed by atoms with van der Waals surface area (Å²) < 4.78 is 0.576. The molecule has 0 spiro atoms. The normalized spacial score (nSPS) is 12.8. The van der Waals surface area contributed by atoms with Gasteiger partial charge in [-0.25, -0.2) is 0 Å². The van der Waals surface area contributed by atoms with Crippen molar-refractivity contribution in [2.24, 2.45) is 0 Å². The molecule has 0 radical (unpaired) electrons. The summed E-state index contributed by atoms with van der Waals surface area (Å²) in [4.78, 5) is 12.0. The molecule has 0 aliphatic rings. The highest BCUT2D eigenvalue weighted by molar-refractivity contribution is 7.18. The van der Waals surface area contributed by atoms with Crippen LogP contribution in [0.15, 0.2) is 12.1 Å². The van der Waals surface area contributed by atoms with Gasteiger partial charge in [-0.1, -0.05) is 24.9 Å². The number of ketones is 1. The van der Waals surface area contributed by atoms with Gasteiger partial charge in [-0.05, 0) is 18.6 Å². The summed E-state index contributed by atoms with van der Waals surface area (Å²) in [5.74, 6) is -0.223. The highest BCUT2D eigenvalue weighted by atomic mass is 35.5. The van der Waals surface area contributed by atoms with Crippen LogP contribution in [-0.2, 0) is 0 Å². The first-order chi connectivity index (χ1) is 6.15. The maximum absolute atomic E-state index is 11.4. The maximum Gasteiger partial charge on any atom is 0.201 e. The van der Waals surface area contributed by atoms with Gasteiger partial charge >= 0.3 is 0 Å². The Kier molecular flexibility index (Phi) is 3.90. The van der Waals surface area contributed by atoms with Crippen LogP contribution in [0, 0.1) is 0 Å². The topological polar surface area (TPSA) is 37.3 Å². The maximum atomic E-state index is 11.4. The zero-order chi connectivity index (χ0) is 9.84. The highest BCUT2D eigenvalue weighted by Crippen LogP contribution is 2.23. The number of rotatable bonds is 4. The van der Waals surface area contributed by atoms with Crippen molar-refractivity contribution in [3.05, 3.63) is 21.3 Å². The summed E-state index contributed by atoms with van der Waals surface area (Å²) in [7, 11) is 0. The molecule has 0 amide bonds. The standard InChI is InChI=1S/C9H11ClO2S/c1-2-3-6(11)9(12)7-4-5-8(10)13-7/h4-6,11H,2-3H2,1H3. The fourth-order valence-electron chi connectivity index (χ4n) is 1.02. The van der Waals surface area contributed by atoms with Crippen molar-refractivity contribution in [1.29, 1.82) is 0 Å². The van der Waals surface area contributed by atoms with Gasteiger partial charge in [-0.2, -0.15) is 0 Å². The first kappa shape index (κ1) is 10.7. The van der Waals surface area contributed by atoms with Gasteiger partial charge in [0.15, 0.2) is 0 Å². The molecule has 0 aliphatic carbocycles. The van der Waals surface area contributed by atoms with Gasteiger partial charge in [-0.3, -0.25) is 4.79 Å². The Morgan fingerprint density at radius 2 is 2.38 bits per heavy atom. The number of hydrogen-bond acceptors (Lipinski definition) is 3. The van der Waals surface area contributed by atoms with Gasteiger partial charge in [0, 0.05) is 0 Å². The van der Waals surface area contributed by atoms with E-state index in [1.807, 2.05) is 6.92 Å². The SMILES string of the molecule is CCCC(O)C(=O)c1ccc(Cl)s1. The lowest BCUT2D eigenvalue weighted by Gasteiger charge is -2.04. The number of halogens is 1. The summed E-state index contributed by atoms with van der Waals surface area (Å²) in [6, 6.07) is 3.31. The van der Waals surface area contributed by atoms with Crippen LogP contribution in [0.3, 0.4) is 0 Å². The van der Waals surface area contributed by atoms with Crippen LogP contribution in [0.25, 0.3) is 0 Å². The number of thiophene rings is 1. The van der Waals surface area contributed by atoms with Crippen molar-refractivity contribution >= 4 is 28.7 Å². The Bertz CT molecular complexity index is 296. The number of aliphatic hydroxyl groups is 1. The predicted molar refractivity (Wildman–Crippen MR) is 54.6 cm³/mol. The summed E-state index contributed by atoms with van der Waals surface area (Å²) in [5, 5.41) is 9.39. The molecule has 0 bridgehead atoms. The third-order valence-corrected chi connectivity index (χ3v) is 2.93. The highest BCUT2D eigenvalue weighted by Gasteiger charge is 2.17. The van der Waals surface area contributed by atoms with E-state index in [-0.39, 0.29) is 5.78 Å². The summed E-state index contributed by atoms with van der Waals surface area (Å²) in [6.07, 6.45) is 0.431. The molecule has 0 aliphatic heterocycles. The van der Waals surface area contributed by atoms with E-state index < -0.39 is 6.10 Å². The molecule has 0 saturated carbocycles. The summed E-state index contributed by atoms with van der Waals surface area (Å²) >= 11 is 6.88. The molecule has 1 N–H and O–H groups in total. The van der Waals surface area contributed by atoms with E-state index in [1.54, 1.807) is 12.1 Å². The Balaban J connectivity index is 2.67. The van der Waals surface area contributed by atoms with Gasteiger partial charge in [0.05, 0.1) is 9.21 Å². The number of carbonyl (C=O) groups excluding carboxylic acids is 1. The number of carbonyl (C=O) groups is 1. The van der Waals surface area contributed by atoms with Crippen molar-refractivity contribution in [2.45, 2.75) is 25.9 Å². The van der Waals surface area contributed by atoms with E-state index in [1.165, 1.54) is 11.3 Å². The van der Waals surface area contributed by atoms with Gasteiger partial charge < -0.3 is 5.11 Å². The second-order valence-corrected chi connectivity index (χ2v) is 4.49. The third kappa shape index (κ3) is 2.79. The van der Waals surface area contributed by atoms with E-state index >= 15 is 0 Å². The molecule has 1 atom stereocenters. The minimum absolute atomic E-state index is 0.223. The minimum atomic E-state index is -0.875. The van der Waals surface area contributed by atoms with Gasteiger partial charge in [-0.15, -0.1) is 11.3 Å². The van der Waals surface area contributed by atoms with Crippen LogP contribution < -0.4 is 0 Å². The van der Waals surface area contributed by atoms with Gasteiger partial charge in [0.1, 0.15) is 6.10 Å². The van der Waals surface area contributed by atoms with Crippen molar-refractivity contribution in [3.8, 4) is 0 Å². The van der Waals surface area contributed by atoms with Gasteiger partial charge in [0.25, 0.3) is 0 Å². The molecule has 0 aromatic carbocycles. The Hall–Kier alpha value is -0.380. The van der Waals surface area contributed by atoms with E-state index in [4.69, 9.17) is 11.6 Å². The fourth-order valence-corrected chi connectivity index (χ4v) is 2.05. The Morgan fingerprint density at radius 1 is 1.69 bits per heavy atom. The molecular formula is C9H11ClO2S. The summed E-state index contributed by atoms with van der Waals surface area (Å²) in [5.41, 5.74) is 0. The third-order valence-electron chi connectivity index (χ3n) is 1.68. The number of Topliss-reactive ketones (excluding diaryl/α,β-unsaturated/α-hetero) is 1. The summed E-state index contributed by atoms with van der Waals surface area (Å²) in [6.45, 7) is 1.93. The molecule has 72 valence electrons. The molecule has 1 aromatic rings. The van der Waals surface area contributed by atoms with Crippen LogP contribution in [0.5, 0.6) is 0 Å². The van der Waals surface area contributed by atoms with E-state index in [9.17, 15) is 9.90 Å². The molecule has 4 heteroatoms. The minimum Gasteiger partial charge on any atom is -0.385 e. The number of aliphatic hydroxyl groups excluding tert-OH is 1. The van der Waals surface area contributed by atoms with Crippen LogP contribution >= 0.6 is 22.9 Å². The van der Waals surface area contributed by atoms with Crippen molar-refractivity contribution in [1.82, 2.24) is 0 Å². The molecule has 0 saturated heterocycles. The average molecular weight is 219 g/mol. The van der Waals surface area contributed by atoms with Crippen LogP contribution in [0.4, 0.5) is 0 Å². The van der Waals surface area contributed by atoms with Crippen molar-refractivity contribution in [2.75, 3.05) is 0 Å². The number of hydrogen-bond donors (Lipinski definition) is 1. The molecule has 1 rings (SSSR count). The second kappa shape index (κ2) is 4.74. The second-order valence-electron chi connectivity index (χ2n) is 2.77. The average Bonchev–Trinajstić information content (AvgIpc) is 2.51. The lowest BCUT2D eigenvalue weighted by molar-refractivity contribution is 0.0734. The first-order valence-electron chi connectivity index (χ1n) is 4.12. The molecule has 1 aromatic heterocycles. The van der Waals surface area contributed by atoms with Gasteiger partial charge in [0.2, 0.25) is 5.78 Å². The van der Waals surface area contributed by atoms with E-state index in [2.05, 4.69) is 0 Å². The van der Waals surface area contributed by atoms with Crippen LogP contribution in [-0.4, -0.2) is 17.0 Å². The van der Waals surface area contributed by atoms with E-state index in [0.29, 0.717) is 15.6 Å². The van der Waals surface area contributed by atoms with Crippen molar-refractivity contribution < 1.29 is 9.90 Å². The lowest BCUT2D eigenvalue weighted by Crippen LogP contribution is -2.18. The monoisotopic (exact) mass is 218 g/mol. The Morgan fingerprint density at radius 3 is 2.85 bits per heavy atom. The first-order valence-corrected chi connectivity index (χ1v) is 5.32. The molecular weight excluding hydrogens is 208 g/mol. The molecule has 0 fully saturated rings.